The van der Waals surface area contributed by atoms with E-state index in [1.807, 2.05) is 37.3 Å². The lowest BCUT2D eigenvalue weighted by atomic mass is 10.0. The molecule has 0 aliphatic carbocycles. The zero-order valence-corrected chi connectivity index (χ0v) is 9.14. The molecule has 4 N–H and O–H groups in total. The van der Waals surface area contributed by atoms with Crippen molar-refractivity contribution >= 4 is 11.8 Å². The molecule has 16 heavy (non-hydrogen) atoms. The molecule has 0 spiro atoms. The Hall–Kier alpha value is -2.10. The van der Waals surface area contributed by atoms with Crippen molar-refractivity contribution < 1.29 is 0 Å². The molecule has 0 amide bonds. The van der Waals surface area contributed by atoms with E-state index in [-0.39, 0.29) is 5.95 Å². The first-order valence-corrected chi connectivity index (χ1v) is 5.19. The number of benzene rings is 1. The summed E-state index contributed by atoms with van der Waals surface area (Å²) in [4.78, 5) is 8.24. The molecule has 1 aromatic carbocycles. The van der Waals surface area contributed by atoms with Crippen molar-refractivity contribution in [1.29, 1.82) is 0 Å². The van der Waals surface area contributed by atoms with Gasteiger partial charge in [-0.2, -0.15) is 4.98 Å². The molecule has 2 aromatic rings. The lowest BCUT2D eigenvalue weighted by molar-refractivity contribution is 1.07. The third kappa shape index (κ3) is 1.82. The second-order valence-corrected chi connectivity index (χ2v) is 3.51. The number of aromatic nitrogens is 2. The van der Waals surface area contributed by atoms with Gasteiger partial charge in [0, 0.05) is 11.1 Å². The van der Waals surface area contributed by atoms with Crippen molar-refractivity contribution in [3.8, 4) is 11.3 Å². The van der Waals surface area contributed by atoms with Crippen LogP contribution < -0.4 is 11.5 Å². The van der Waals surface area contributed by atoms with Crippen LogP contribution in [0, 0.1) is 0 Å². The summed E-state index contributed by atoms with van der Waals surface area (Å²) in [5.41, 5.74) is 14.2. The summed E-state index contributed by atoms with van der Waals surface area (Å²) in [7, 11) is 0. The minimum absolute atomic E-state index is 0.216. The third-order valence-electron chi connectivity index (χ3n) is 2.46. The minimum atomic E-state index is 0.216. The molecule has 2 rings (SSSR count). The van der Waals surface area contributed by atoms with E-state index >= 15 is 0 Å². The number of nitrogens with zero attached hydrogens (tertiary/aromatic N) is 2. The highest BCUT2D eigenvalue weighted by atomic mass is 15.0. The Bertz CT molecular complexity index is 494. The maximum absolute atomic E-state index is 5.84. The first-order valence-electron chi connectivity index (χ1n) is 5.19. The van der Waals surface area contributed by atoms with Gasteiger partial charge in [0.1, 0.15) is 5.82 Å². The summed E-state index contributed by atoms with van der Waals surface area (Å²) in [6.07, 6.45) is 0.788. The average Bonchev–Trinajstić information content (AvgIpc) is 2.29. The van der Waals surface area contributed by atoms with Gasteiger partial charge in [-0.1, -0.05) is 37.3 Å². The van der Waals surface area contributed by atoms with E-state index in [9.17, 15) is 0 Å². The van der Waals surface area contributed by atoms with Crippen molar-refractivity contribution in [3.63, 3.8) is 0 Å². The standard InChI is InChI=1S/C12H14N4/c1-2-9-10(8-6-4-3-5-7-8)15-12(14)16-11(9)13/h3-7H,2H2,1H3,(H4,13,14,15,16). The van der Waals surface area contributed by atoms with Crippen LogP contribution >= 0.6 is 0 Å². The smallest absolute Gasteiger partial charge is 0.222 e. The highest BCUT2D eigenvalue weighted by Crippen LogP contribution is 2.25. The Labute approximate surface area is 94.3 Å². The monoisotopic (exact) mass is 214 g/mol. The maximum atomic E-state index is 5.84. The quantitative estimate of drug-likeness (QED) is 0.800. The van der Waals surface area contributed by atoms with E-state index in [4.69, 9.17) is 11.5 Å². The lowest BCUT2D eigenvalue weighted by Gasteiger charge is -2.09. The summed E-state index contributed by atoms with van der Waals surface area (Å²) in [5.74, 6) is 0.683. The molecule has 0 saturated carbocycles. The molecule has 0 unspecified atom stereocenters. The summed E-state index contributed by atoms with van der Waals surface area (Å²) < 4.78 is 0. The molecule has 4 nitrogen and oxygen atoms in total. The number of hydrogen-bond acceptors (Lipinski definition) is 4. The van der Waals surface area contributed by atoms with Crippen LogP contribution in [0.25, 0.3) is 11.3 Å². The Kier molecular flexibility index (Phi) is 2.72. The molecule has 0 atom stereocenters. The third-order valence-corrected chi connectivity index (χ3v) is 2.46. The van der Waals surface area contributed by atoms with Crippen molar-refractivity contribution in [2.45, 2.75) is 13.3 Å². The van der Waals surface area contributed by atoms with Crippen molar-refractivity contribution in [3.05, 3.63) is 35.9 Å². The van der Waals surface area contributed by atoms with E-state index in [1.165, 1.54) is 0 Å². The highest BCUT2D eigenvalue weighted by molar-refractivity contribution is 5.68. The molecule has 0 bridgehead atoms. The van der Waals surface area contributed by atoms with Gasteiger partial charge in [0.15, 0.2) is 0 Å². The van der Waals surface area contributed by atoms with Gasteiger partial charge in [0.25, 0.3) is 0 Å². The largest absolute Gasteiger partial charge is 0.383 e. The molecule has 1 heterocycles. The SMILES string of the molecule is CCc1c(N)nc(N)nc1-c1ccccc1. The van der Waals surface area contributed by atoms with Crippen LogP contribution in [-0.2, 0) is 6.42 Å². The van der Waals surface area contributed by atoms with Crippen molar-refractivity contribution in [2.24, 2.45) is 0 Å². The molecule has 0 aliphatic rings. The van der Waals surface area contributed by atoms with Gasteiger partial charge in [-0.05, 0) is 6.42 Å². The Morgan fingerprint density at radius 1 is 1.06 bits per heavy atom. The number of nitrogen functional groups attached to an aromatic ring is 2. The molecule has 4 heteroatoms. The number of hydrogen-bond donors (Lipinski definition) is 2. The number of nitrogens with two attached hydrogens (primary N) is 2. The first kappa shape index (κ1) is 10.4. The fourth-order valence-corrected chi connectivity index (χ4v) is 1.70. The van der Waals surface area contributed by atoms with Gasteiger partial charge >= 0.3 is 0 Å². The van der Waals surface area contributed by atoms with Gasteiger partial charge in [-0.25, -0.2) is 4.98 Å². The molecule has 0 saturated heterocycles. The fourth-order valence-electron chi connectivity index (χ4n) is 1.70. The van der Waals surface area contributed by atoms with Gasteiger partial charge in [0.2, 0.25) is 5.95 Å². The molecular formula is C12H14N4. The van der Waals surface area contributed by atoms with Crippen LogP contribution in [0.15, 0.2) is 30.3 Å². The summed E-state index contributed by atoms with van der Waals surface area (Å²) >= 11 is 0. The van der Waals surface area contributed by atoms with E-state index in [1.54, 1.807) is 0 Å². The predicted octanol–water partition coefficient (Wildman–Crippen LogP) is 1.87. The van der Waals surface area contributed by atoms with E-state index in [0.29, 0.717) is 5.82 Å². The maximum Gasteiger partial charge on any atom is 0.222 e. The summed E-state index contributed by atoms with van der Waals surface area (Å²) in [6.45, 7) is 2.03. The second kappa shape index (κ2) is 4.18. The summed E-state index contributed by atoms with van der Waals surface area (Å²) in [5, 5.41) is 0. The number of anilines is 2. The minimum Gasteiger partial charge on any atom is -0.383 e. The average molecular weight is 214 g/mol. The highest BCUT2D eigenvalue weighted by Gasteiger charge is 2.10. The Morgan fingerprint density at radius 3 is 2.38 bits per heavy atom. The van der Waals surface area contributed by atoms with Crippen LogP contribution in [0.3, 0.4) is 0 Å². The number of rotatable bonds is 2. The van der Waals surface area contributed by atoms with E-state index in [0.717, 1.165) is 23.2 Å². The van der Waals surface area contributed by atoms with E-state index < -0.39 is 0 Å². The zero-order chi connectivity index (χ0) is 11.5. The van der Waals surface area contributed by atoms with Gasteiger partial charge in [0.05, 0.1) is 5.69 Å². The van der Waals surface area contributed by atoms with Crippen LogP contribution in [0.4, 0.5) is 11.8 Å². The van der Waals surface area contributed by atoms with Crippen molar-refractivity contribution in [1.82, 2.24) is 9.97 Å². The van der Waals surface area contributed by atoms with Crippen LogP contribution in [-0.4, -0.2) is 9.97 Å². The molecule has 0 aliphatic heterocycles. The zero-order valence-electron chi connectivity index (χ0n) is 9.14. The van der Waals surface area contributed by atoms with Gasteiger partial charge in [-0.3, -0.25) is 0 Å². The Balaban J connectivity index is 2.64. The Morgan fingerprint density at radius 2 is 1.75 bits per heavy atom. The molecular weight excluding hydrogens is 200 g/mol. The van der Waals surface area contributed by atoms with E-state index in [2.05, 4.69) is 9.97 Å². The van der Waals surface area contributed by atoms with Gasteiger partial charge in [-0.15, -0.1) is 0 Å². The second-order valence-electron chi connectivity index (χ2n) is 3.51. The normalized spacial score (nSPS) is 10.3. The molecule has 0 fully saturated rings. The van der Waals surface area contributed by atoms with Crippen molar-refractivity contribution in [2.75, 3.05) is 11.5 Å². The first-order chi connectivity index (χ1) is 7.72. The summed E-state index contributed by atoms with van der Waals surface area (Å²) in [6, 6.07) is 9.86. The van der Waals surface area contributed by atoms with Crippen LogP contribution in [0.5, 0.6) is 0 Å². The molecule has 0 radical (unpaired) electrons. The predicted molar refractivity (Wildman–Crippen MR) is 65.7 cm³/mol. The topological polar surface area (TPSA) is 77.8 Å². The fraction of sp³-hybridized carbons (Fsp3) is 0.167. The van der Waals surface area contributed by atoms with Crippen LogP contribution in [0.1, 0.15) is 12.5 Å². The molecule has 82 valence electrons. The van der Waals surface area contributed by atoms with Crippen LogP contribution in [0.2, 0.25) is 0 Å². The van der Waals surface area contributed by atoms with Gasteiger partial charge < -0.3 is 11.5 Å². The lowest BCUT2D eigenvalue weighted by Crippen LogP contribution is -2.06. The molecule has 1 aromatic heterocycles.